The lowest BCUT2D eigenvalue weighted by molar-refractivity contribution is -0.117. The molecule has 0 spiro atoms. The van der Waals surface area contributed by atoms with Crippen molar-refractivity contribution in [1.29, 1.82) is 0 Å². The van der Waals surface area contributed by atoms with Crippen molar-refractivity contribution in [1.82, 2.24) is 9.55 Å². The van der Waals surface area contributed by atoms with Gasteiger partial charge in [-0.05, 0) is 54.7 Å². The van der Waals surface area contributed by atoms with Crippen LogP contribution in [0.5, 0.6) is 5.75 Å². The molecule has 35 heavy (non-hydrogen) atoms. The zero-order chi connectivity index (χ0) is 24.4. The molecule has 1 aliphatic heterocycles. The van der Waals surface area contributed by atoms with Gasteiger partial charge in [-0.2, -0.15) is 0 Å². The first kappa shape index (κ1) is 23.2. The van der Waals surface area contributed by atoms with E-state index in [0.717, 1.165) is 46.8 Å². The maximum Gasteiger partial charge on any atom is 0.227 e. The van der Waals surface area contributed by atoms with Gasteiger partial charge in [0, 0.05) is 31.1 Å². The number of aromatic nitrogens is 2. The van der Waals surface area contributed by atoms with Gasteiger partial charge >= 0.3 is 0 Å². The predicted octanol–water partition coefficient (Wildman–Crippen LogP) is 6.46. The zero-order valence-corrected chi connectivity index (χ0v) is 20.8. The van der Waals surface area contributed by atoms with Crippen LogP contribution in [0.1, 0.15) is 55.5 Å². The first-order valence-electron chi connectivity index (χ1n) is 12.6. The van der Waals surface area contributed by atoms with Crippen molar-refractivity contribution in [2.24, 2.45) is 0 Å². The van der Waals surface area contributed by atoms with E-state index < -0.39 is 0 Å². The summed E-state index contributed by atoms with van der Waals surface area (Å²) in [6.45, 7) is 8.53. The summed E-state index contributed by atoms with van der Waals surface area (Å²) >= 11 is 0. The van der Waals surface area contributed by atoms with Gasteiger partial charge in [0.15, 0.2) is 0 Å². The quantitative estimate of drug-likeness (QED) is 0.280. The van der Waals surface area contributed by atoms with Crippen molar-refractivity contribution >= 4 is 22.6 Å². The summed E-state index contributed by atoms with van der Waals surface area (Å²) in [7, 11) is 0. The third kappa shape index (κ3) is 4.68. The largest absolute Gasteiger partial charge is 0.493 e. The van der Waals surface area contributed by atoms with E-state index >= 15 is 0 Å². The van der Waals surface area contributed by atoms with Crippen LogP contribution in [0.15, 0.2) is 72.8 Å². The molecule has 5 heteroatoms. The number of rotatable bonds is 8. The average Bonchev–Trinajstić information content (AvgIpc) is 3.42. The summed E-state index contributed by atoms with van der Waals surface area (Å²) in [6, 6.07) is 24.6. The molecule has 0 aliphatic carbocycles. The van der Waals surface area contributed by atoms with Crippen molar-refractivity contribution in [3.05, 3.63) is 89.7 Å². The number of imidazole rings is 1. The van der Waals surface area contributed by atoms with Crippen molar-refractivity contribution in [2.75, 3.05) is 18.1 Å². The molecule has 1 aliphatic rings. The van der Waals surface area contributed by atoms with E-state index in [1.54, 1.807) is 0 Å². The molecule has 1 fully saturated rings. The number of nitrogens with zero attached hydrogens (tertiary/aromatic N) is 3. The first-order valence-corrected chi connectivity index (χ1v) is 12.6. The molecule has 180 valence electrons. The smallest absolute Gasteiger partial charge is 0.227 e. The van der Waals surface area contributed by atoms with Crippen LogP contribution in [0, 0.1) is 6.92 Å². The Morgan fingerprint density at radius 1 is 1.00 bits per heavy atom. The van der Waals surface area contributed by atoms with E-state index in [2.05, 4.69) is 67.8 Å². The molecule has 4 aromatic rings. The highest BCUT2D eigenvalue weighted by Crippen LogP contribution is 2.34. The normalized spacial score (nSPS) is 15.9. The molecule has 0 bridgehead atoms. The van der Waals surface area contributed by atoms with Crippen LogP contribution in [-0.2, 0) is 11.3 Å². The van der Waals surface area contributed by atoms with E-state index in [4.69, 9.17) is 9.72 Å². The lowest BCUT2D eigenvalue weighted by Crippen LogP contribution is -2.25. The first-order chi connectivity index (χ1) is 17.0. The van der Waals surface area contributed by atoms with Gasteiger partial charge in [0.05, 0.1) is 17.6 Å². The molecule has 2 heterocycles. The minimum Gasteiger partial charge on any atom is -0.493 e. The van der Waals surface area contributed by atoms with E-state index in [1.165, 1.54) is 5.56 Å². The predicted molar refractivity (Wildman–Crippen MR) is 141 cm³/mol. The molecule has 1 saturated heterocycles. The number of fused-ring (bicyclic) bond motifs is 1. The lowest BCUT2D eigenvalue weighted by Gasteiger charge is -2.19. The number of anilines is 1. The van der Waals surface area contributed by atoms with Crippen LogP contribution in [-0.4, -0.2) is 28.6 Å². The van der Waals surface area contributed by atoms with Gasteiger partial charge in [0.25, 0.3) is 0 Å². The van der Waals surface area contributed by atoms with E-state index in [0.29, 0.717) is 25.5 Å². The number of amides is 1. The van der Waals surface area contributed by atoms with Crippen LogP contribution in [0.4, 0.5) is 5.69 Å². The number of carbonyl (C=O) groups is 1. The van der Waals surface area contributed by atoms with Crippen LogP contribution < -0.4 is 9.64 Å². The van der Waals surface area contributed by atoms with Gasteiger partial charge in [0.2, 0.25) is 5.91 Å². The Balaban J connectivity index is 1.35. The third-order valence-corrected chi connectivity index (χ3v) is 6.91. The Kier molecular flexibility index (Phi) is 6.58. The summed E-state index contributed by atoms with van der Waals surface area (Å²) in [5, 5.41) is 0. The number of carbonyl (C=O) groups excluding carboxylic acids is 1. The number of aryl methyl sites for hydroxylation is 2. The molecule has 0 N–H and O–H groups in total. The molecule has 0 saturated carbocycles. The zero-order valence-electron chi connectivity index (χ0n) is 20.8. The fourth-order valence-electron chi connectivity index (χ4n) is 5.11. The molecule has 5 rings (SSSR count). The number of ether oxygens (including phenoxy) is 1. The Hall–Kier alpha value is -3.60. The van der Waals surface area contributed by atoms with Gasteiger partial charge in [0.1, 0.15) is 11.6 Å². The molecule has 5 nitrogen and oxygen atoms in total. The Morgan fingerprint density at radius 2 is 1.74 bits per heavy atom. The minimum absolute atomic E-state index is 0.0668. The molecule has 3 aromatic carbocycles. The van der Waals surface area contributed by atoms with Gasteiger partial charge in [-0.15, -0.1) is 0 Å². The maximum absolute atomic E-state index is 13.0. The Morgan fingerprint density at radius 3 is 2.57 bits per heavy atom. The van der Waals surface area contributed by atoms with Crippen LogP contribution in [0.3, 0.4) is 0 Å². The fraction of sp³-hybridized carbons (Fsp3) is 0.333. The SMILES string of the molecule is Cc1ccccc1N1CC(c2nc3ccccc3n2CCCOc2ccccc2C(C)C)CC1=O. The molecular weight excluding hydrogens is 434 g/mol. The lowest BCUT2D eigenvalue weighted by atomic mass is 10.0. The summed E-state index contributed by atoms with van der Waals surface area (Å²) in [6.07, 6.45) is 1.35. The molecule has 1 atom stereocenters. The average molecular weight is 468 g/mol. The number of hydrogen-bond donors (Lipinski definition) is 0. The summed E-state index contributed by atoms with van der Waals surface area (Å²) in [5.41, 5.74) is 5.46. The summed E-state index contributed by atoms with van der Waals surface area (Å²) < 4.78 is 8.48. The highest BCUT2D eigenvalue weighted by Gasteiger charge is 2.35. The molecular formula is C30H33N3O2. The van der Waals surface area contributed by atoms with E-state index in [-0.39, 0.29) is 11.8 Å². The van der Waals surface area contributed by atoms with Crippen molar-refractivity contribution in [3.8, 4) is 5.75 Å². The van der Waals surface area contributed by atoms with Crippen molar-refractivity contribution < 1.29 is 9.53 Å². The van der Waals surface area contributed by atoms with Gasteiger partial charge in [-0.1, -0.05) is 62.4 Å². The number of benzene rings is 3. The monoisotopic (exact) mass is 467 g/mol. The van der Waals surface area contributed by atoms with Crippen molar-refractivity contribution in [2.45, 2.75) is 52.0 Å². The standard InChI is InChI=1S/C30H33N3O2/c1-21(2)24-12-5-9-16-28(24)35-18-10-17-32-27-15-8-6-13-25(27)31-30(32)23-19-29(34)33(20-23)26-14-7-4-11-22(26)3/h4-9,11-16,21,23H,10,17-20H2,1-3H3. The van der Waals surface area contributed by atoms with Gasteiger partial charge in [-0.25, -0.2) is 4.98 Å². The molecule has 1 aromatic heterocycles. The van der Waals surface area contributed by atoms with Crippen LogP contribution in [0.2, 0.25) is 0 Å². The fourth-order valence-corrected chi connectivity index (χ4v) is 5.11. The summed E-state index contributed by atoms with van der Waals surface area (Å²) in [4.78, 5) is 19.9. The van der Waals surface area contributed by atoms with Gasteiger partial charge < -0.3 is 14.2 Å². The topological polar surface area (TPSA) is 47.4 Å². The second kappa shape index (κ2) is 9.95. The molecule has 1 amide bonds. The minimum atomic E-state index is 0.0668. The second-order valence-corrected chi connectivity index (χ2v) is 9.70. The van der Waals surface area contributed by atoms with Crippen LogP contribution in [0.25, 0.3) is 11.0 Å². The molecule has 1 unspecified atom stereocenters. The van der Waals surface area contributed by atoms with Gasteiger partial charge in [-0.3, -0.25) is 4.79 Å². The Bertz CT molecular complexity index is 1340. The van der Waals surface area contributed by atoms with E-state index in [9.17, 15) is 4.79 Å². The maximum atomic E-state index is 13.0. The van der Waals surface area contributed by atoms with Crippen LogP contribution >= 0.6 is 0 Å². The van der Waals surface area contributed by atoms with E-state index in [1.807, 2.05) is 35.2 Å². The van der Waals surface area contributed by atoms with Crippen molar-refractivity contribution in [3.63, 3.8) is 0 Å². The Labute approximate surface area is 207 Å². The summed E-state index contributed by atoms with van der Waals surface area (Å²) in [5.74, 6) is 2.62. The number of para-hydroxylation sites is 4. The molecule has 0 radical (unpaired) electrons. The number of hydrogen-bond acceptors (Lipinski definition) is 3. The highest BCUT2D eigenvalue weighted by atomic mass is 16.5. The second-order valence-electron chi connectivity index (χ2n) is 9.70. The highest BCUT2D eigenvalue weighted by molar-refractivity contribution is 5.97. The third-order valence-electron chi connectivity index (χ3n) is 6.91.